The molecule has 0 saturated carbocycles. The molecule has 10 heteroatoms. The Morgan fingerprint density at radius 1 is 1.23 bits per heavy atom. The second-order valence-corrected chi connectivity index (χ2v) is 7.26. The fourth-order valence-corrected chi connectivity index (χ4v) is 3.57. The van der Waals surface area contributed by atoms with Crippen LogP contribution in [0.15, 0.2) is 66.3 Å². The van der Waals surface area contributed by atoms with Crippen molar-refractivity contribution in [3.05, 3.63) is 66.7 Å². The van der Waals surface area contributed by atoms with E-state index in [1.165, 1.54) is 18.2 Å². The van der Waals surface area contributed by atoms with Crippen LogP contribution >= 0.6 is 11.8 Å². The van der Waals surface area contributed by atoms with Gasteiger partial charge in [0.1, 0.15) is 5.75 Å². The smallest absolute Gasteiger partial charge is 0.418 e. The molecule has 0 aliphatic heterocycles. The zero-order valence-corrected chi connectivity index (χ0v) is 17.3. The van der Waals surface area contributed by atoms with Crippen LogP contribution in [0.3, 0.4) is 0 Å². The van der Waals surface area contributed by atoms with Gasteiger partial charge in [0.25, 0.3) is 0 Å². The number of amides is 1. The minimum absolute atomic E-state index is 0.139. The molecule has 0 aliphatic carbocycles. The Morgan fingerprint density at radius 3 is 2.71 bits per heavy atom. The number of halogens is 3. The van der Waals surface area contributed by atoms with E-state index in [1.54, 1.807) is 29.9 Å². The number of ether oxygens (including phenoxy) is 1. The van der Waals surface area contributed by atoms with Gasteiger partial charge in [0, 0.05) is 12.1 Å². The maximum Gasteiger partial charge on any atom is 0.418 e. The van der Waals surface area contributed by atoms with Gasteiger partial charge in [-0.2, -0.15) is 13.2 Å². The van der Waals surface area contributed by atoms with Gasteiger partial charge in [-0.1, -0.05) is 42.1 Å². The number of hydrogen-bond acceptors (Lipinski definition) is 5. The molecule has 0 fully saturated rings. The average molecular weight is 448 g/mol. The Labute approximate surface area is 181 Å². The molecule has 6 nitrogen and oxygen atoms in total. The van der Waals surface area contributed by atoms with Gasteiger partial charge in [-0.15, -0.1) is 16.8 Å². The number of hydrogen-bond donors (Lipinski definition) is 1. The highest BCUT2D eigenvalue weighted by Crippen LogP contribution is 2.34. The molecule has 3 aromatic rings. The van der Waals surface area contributed by atoms with E-state index >= 15 is 0 Å². The summed E-state index contributed by atoms with van der Waals surface area (Å²) in [6, 6.07) is 12.1. The molecule has 3 rings (SSSR count). The first kappa shape index (κ1) is 22.4. The summed E-state index contributed by atoms with van der Waals surface area (Å²) >= 11 is 1.07. The second kappa shape index (κ2) is 9.69. The van der Waals surface area contributed by atoms with E-state index in [2.05, 4.69) is 22.1 Å². The van der Waals surface area contributed by atoms with Gasteiger partial charge in [0.2, 0.25) is 5.91 Å². The van der Waals surface area contributed by atoms with Crippen molar-refractivity contribution in [3.8, 4) is 17.1 Å². The van der Waals surface area contributed by atoms with E-state index < -0.39 is 17.6 Å². The van der Waals surface area contributed by atoms with Crippen molar-refractivity contribution in [2.75, 3.05) is 18.2 Å². The summed E-state index contributed by atoms with van der Waals surface area (Å²) in [7, 11) is 1.56. The highest BCUT2D eigenvalue weighted by Gasteiger charge is 2.33. The van der Waals surface area contributed by atoms with Crippen molar-refractivity contribution >= 4 is 23.4 Å². The molecule has 0 radical (unpaired) electrons. The zero-order valence-electron chi connectivity index (χ0n) is 16.5. The van der Waals surface area contributed by atoms with E-state index in [4.69, 9.17) is 4.74 Å². The molecule has 0 unspecified atom stereocenters. The number of rotatable bonds is 8. The summed E-state index contributed by atoms with van der Waals surface area (Å²) in [6.07, 6.45) is -2.90. The van der Waals surface area contributed by atoms with E-state index in [0.717, 1.165) is 23.4 Å². The van der Waals surface area contributed by atoms with Crippen molar-refractivity contribution in [1.82, 2.24) is 14.8 Å². The topological polar surface area (TPSA) is 69.0 Å². The number of nitrogens with zero attached hydrogens (tertiary/aromatic N) is 3. The number of anilines is 1. The predicted octanol–water partition coefficient (Wildman–Crippen LogP) is 4.89. The van der Waals surface area contributed by atoms with E-state index in [1.807, 2.05) is 12.1 Å². The molecule has 0 atom stereocenters. The predicted molar refractivity (Wildman–Crippen MR) is 113 cm³/mol. The summed E-state index contributed by atoms with van der Waals surface area (Å²) < 4.78 is 46.3. The van der Waals surface area contributed by atoms with E-state index in [9.17, 15) is 18.0 Å². The van der Waals surface area contributed by atoms with Gasteiger partial charge in [0.15, 0.2) is 11.0 Å². The SMILES string of the molecule is C=CCn1c(SCC(=O)Nc2ccccc2C(F)(F)F)nnc1-c1cccc(OC)c1. The van der Waals surface area contributed by atoms with E-state index in [0.29, 0.717) is 23.3 Å². The summed E-state index contributed by atoms with van der Waals surface area (Å²) in [5, 5.41) is 11.1. The van der Waals surface area contributed by atoms with Crippen molar-refractivity contribution in [2.24, 2.45) is 0 Å². The first-order valence-electron chi connectivity index (χ1n) is 9.11. The molecule has 0 saturated heterocycles. The third-order valence-electron chi connectivity index (χ3n) is 4.20. The largest absolute Gasteiger partial charge is 0.497 e. The van der Waals surface area contributed by atoms with Crippen LogP contribution in [-0.4, -0.2) is 33.5 Å². The van der Waals surface area contributed by atoms with Crippen LogP contribution in [0.5, 0.6) is 5.75 Å². The second-order valence-electron chi connectivity index (χ2n) is 6.32. The van der Waals surface area contributed by atoms with Crippen LogP contribution < -0.4 is 10.1 Å². The molecule has 1 N–H and O–H groups in total. The fourth-order valence-electron chi connectivity index (χ4n) is 2.82. The molecule has 1 amide bonds. The summed E-state index contributed by atoms with van der Waals surface area (Å²) in [5.74, 6) is 0.490. The average Bonchev–Trinajstić information content (AvgIpc) is 3.15. The van der Waals surface area contributed by atoms with Crippen LogP contribution in [-0.2, 0) is 17.5 Å². The lowest BCUT2D eigenvalue weighted by molar-refractivity contribution is -0.137. The molecule has 0 bridgehead atoms. The number of thioether (sulfide) groups is 1. The number of alkyl halides is 3. The molecule has 0 spiro atoms. The molecule has 1 heterocycles. The maximum absolute atomic E-state index is 13.1. The van der Waals surface area contributed by atoms with Crippen LogP contribution in [0.25, 0.3) is 11.4 Å². The Bertz CT molecular complexity index is 1080. The van der Waals surface area contributed by atoms with Crippen molar-refractivity contribution in [3.63, 3.8) is 0 Å². The summed E-state index contributed by atoms with van der Waals surface area (Å²) in [6.45, 7) is 4.12. The van der Waals surface area contributed by atoms with Gasteiger partial charge in [-0.25, -0.2) is 0 Å². The minimum Gasteiger partial charge on any atom is -0.497 e. The highest BCUT2D eigenvalue weighted by molar-refractivity contribution is 7.99. The lowest BCUT2D eigenvalue weighted by Gasteiger charge is -2.13. The van der Waals surface area contributed by atoms with Gasteiger partial charge in [-0.05, 0) is 24.3 Å². The Hall–Kier alpha value is -3.27. The standard InChI is InChI=1S/C21H19F3N4O2S/c1-3-11-28-19(14-7-6-8-15(12-14)30-2)26-27-20(28)31-13-18(29)25-17-10-5-4-9-16(17)21(22,23)24/h3-10,12H,1,11,13H2,2H3,(H,25,29). The van der Waals surface area contributed by atoms with Crippen LogP contribution in [0.4, 0.5) is 18.9 Å². The fraction of sp³-hybridized carbons (Fsp3) is 0.190. The van der Waals surface area contributed by atoms with Gasteiger partial charge in [0.05, 0.1) is 24.1 Å². The molecular weight excluding hydrogens is 429 g/mol. The van der Waals surface area contributed by atoms with Gasteiger partial charge >= 0.3 is 6.18 Å². The third-order valence-corrected chi connectivity index (χ3v) is 5.16. The Kier molecular flexibility index (Phi) is 7.01. The van der Waals surface area contributed by atoms with Crippen molar-refractivity contribution < 1.29 is 22.7 Å². The van der Waals surface area contributed by atoms with Crippen molar-refractivity contribution in [2.45, 2.75) is 17.9 Å². The maximum atomic E-state index is 13.1. The number of allylic oxidation sites excluding steroid dienone is 1. The number of benzene rings is 2. The number of para-hydroxylation sites is 1. The zero-order chi connectivity index (χ0) is 22.4. The molecule has 0 aliphatic rings. The highest BCUT2D eigenvalue weighted by atomic mass is 32.2. The molecule has 162 valence electrons. The van der Waals surface area contributed by atoms with Crippen LogP contribution in [0.1, 0.15) is 5.56 Å². The first-order valence-corrected chi connectivity index (χ1v) is 10.1. The summed E-state index contributed by atoms with van der Waals surface area (Å²) in [4.78, 5) is 12.3. The monoisotopic (exact) mass is 448 g/mol. The molecule has 31 heavy (non-hydrogen) atoms. The van der Waals surface area contributed by atoms with Gasteiger partial charge < -0.3 is 10.1 Å². The Morgan fingerprint density at radius 2 is 2.00 bits per heavy atom. The number of methoxy groups -OCH3 is 1. The van der Waals surface area contributed by atoms with Gasteiger partial charge in [-0.3, -0.25) is 9.36 Å². The number of aromatic nitrogens is 3. The van der Waals surface area contributed by atoms with Crippen molar-refractivity contribution in [1.29, 1.82) is 0 Å². The quantitative estimate of drug-likeness (QED) is 0.393. The van der Waals surface area contributed by atoms with Crippen LogP contribution in [0.2, 0.25) is 0 Å². The lowest BCUT2D eigenvalue weighted by Crippen LogP contribution is -2.18. The number of carbonyl (C=O) groups excluding carboxylic acids is 1. The summed E-state index contributed by atoms with van der Waals surface area (Å²) in [5.41, 5.74) is -0.419. The Balaban J connectivity index is 1.76. The third kappa shape index (κ3) is 5.46. The van der Waals surface area contributed by atoms with Crippen LogP contribution in [0, 0.1) is 0 Å². The number of nitrogens with one attached hydrogen (secondary N) is 1. The lowest BCUT2D eigenvalue weighted by atomic mass is 10.1. The minimum atomic E-state index is -4.56. The molecule has 2 aromatic carbocycles. The molecular formula is C21H19F3N4O2S. The number of carbonyl (C=O) groups is 1. The van der Waals surface area contributed by atoms with E-state index in [-0.39, 0.29) is 11.4 Å². The normalized spacial score (nSPS) is 11.2. The first-order chi connectivity index (χ1) is 14.8. The molecule has 1 aromatic heterocycles.